The highest BCUT2D eigenvalue weighted by atomic mass is 19.4. The Morgan fingerprint density at radius 3 is 2.60 bits per heavy atom. The van der Waals surface area contributed by atoms with Gasteiger partial charge in [-0.2, -0.15) is 13.2 Å². The van der Waals surface area contributed by atoms with Crippen LogP contribution >= 0.6 is 0 Å². The minimum Gasteiger partial charge on any atom is -0.478 e. The molecule has 112 valence electrons. The lowest BCUT2D eigenvalue weighted by Gasteiger charge is -2.16. The van der Waals surface area contributed by atoms with Gasteiger partial charge in [-0.25, -0.2) is 9.18 Å². The second-order valence-corrected chi connectivity index (χ2v) is 4.55. The third kappa shape index (κ3) is 5.46. The van der Waals surface area contributed by atoms with E-state index in [1.54, 1.807) is 6.92 Å². The van der Waals surface area contributed by atoms with Crippen LogP contribution in [0.1, 0.15) is 36.5 Å². The fourth-order valence-electron chi connectivity index (χ4n) is 1.72. The summed E-state index contributed by atoms with van der Waals surface area (Å²) in [4.78, 5) is 10.8. The fourth-order valence-corrected chi connectivity index (χ4v) is 1.72. The van der Waals surface area contributed by atoms with Crippen molar-refractivity contribution >= 4 is 11.7 Å². The van der Waals surface area contributed by atoms with E-state index in [1.807, 2.05) is 0 Å². The maximum atomic E-state index is 13.5. The number of hydrogen-bond donors (Lipinski definition) is 2. The molecule has 1 aromatic rings. The molecule has 0 saturated heterocycles. The summed E-state index contributed by atoms with van der Waals surface area (Å²) in [5, 5.41) is 11.5. The average molecular weight is 293 g/mol. The molecule has 7 heteroatoms. The molecule has 1 rings (SSSR count). The molecule has 0 aliphatic rings. The predicted molar refractivity (Wildman–Crippen MR) is 66.4 cm³/mol. The smallest absolute Gasteiger partial charge is 0.389 e. The number of rotatable bonds is 6. The Kier molecular flexibility index (Phi) is 5.35. The molecule has 1 unspecified atom stereocenters. The third-order valence-corrected chi connectivity index (χ3v) is 2.71. The number of benzene rings is 1. The minimum absolute atomic E-state index is 0.0237. The van der Waals surface area contributed by atoms with E-state index in [0.717, 1.165) is 18.2 Å². The summed E-state index contributed by atoms with van der Waals surface area (Å²) in [5.41, 5.74) is -0.110. The second kappa shape index (κ2) is 6.58. The van der Waals surface area contributed by atoms with Crippen LogP contribution in [0.15, 0.2) is 18.2 Å². The highest BCUT2D eigenvalue weighted by molar-refractivity contribution is 5.88. The quantitative estimate of drug-likeness (QED) is 0.778. The monoisotopic (exact) mass is 293 g/mol. The lowest BCUT2D eigenvalue weighted by molar-refractivity contribution is -0.135. The molecular formula is C13H15F4NO2. The first-order chi connectivity index (χ1) is 9.19. The van der Waals surface area contributed by atoms with Gasteiger partial charge >= 0.3 is 12.1 Å². The number of hydrogen-bond acceptors (Lipinski definition) is 2. The Morgan fingerprint density at radius 2 is 2.05 bits per heavy atom. The summed E-state index contributed by atoms with van der Waals surface area (Å²) >= 11 is 0. The van der Waals surface area contributed by atoms with Crippen molar-refractivity contribution < 1.29 is 27.5 Å². The molecule has 1 aromatic carbocycles. The number of carboxylic acid groups (broad SMARTS) is 1. The summed E-state index contributed by atoms with van der Waals surface area (Å²) in [7, 11) is 0. The van der Waals surface area contributed by atoms with E-state index < -0.39 is 30.4 Å². The first kappa shape index (κ1) is 16.3. The van der Waals surface area contributed by atoms with Crippen LogP contribution in [0.3, 0.4) is 0 Å². The van der Waals surface area contributed by atoms with Gasteiger partial charge in [-0.05, 0) is 38.0 Å². The molecule has 0 fully saturated rings. The van der Waals surface area contributed by atoms with Crippen LogP contribution in [-0.2, 0) is 0 Å². The molecule has 2 N–H and O–H groups in total. The van der Waals surface area contributed by atoms with Crippen molar-refractivity contribution in [1.82, 2.24) is 0 Å². The highest BCUT2D eigenvalue weighted by Crippen LogP contribution is 2.24. The van der Waals surface area contributed by atoms with Crippen LogP contribution in [0, 0.1) is 5.82 Å². The summed E-state index contributed by atoms with van der Waals surface area (Å²) < 4.78 is 49.4. The highest BCUT2D eigenvalue weighted by Gasteiger charge is 2.26. The van der Waals surface area contributed by atoms with E-state index in [0.29, 0.717) is 0 Å². The normalized spacial score (nSPS) is 13.1. The number of anilines is 1. The molecule has 20 heavy (non-hydrogen) atoms. The van der Waals surface area contributed by atoms with Crippen LogP contribution in [0.2, 0.25) is 0 Å². The molecule has 0 bridgehead atoms. The minimum atomic E-state index is -4.20. The Morgan fingerprint density at radius 1 is 1.40 bits per heavy atom. The van der Waals surface area contributed by atoms with Crippen molar-refractivity contribution in [3.8, 4) is 0 Å². The molecule has 0 amide bonds. The van der Waals surface area contributed by atoms with Crippen LogP contribution in [0.5, 0.6) is 0 Å². The van der Waals surface area contributed by atoms with Crippen molar-refractivity contribution in [3.63, 3.8) is 0 Å². The number of carboxylic acids is 1. The number of halogens is 4. The first-order valence-corrected chi connectivity index (χ1v) is 6.05. The van der Waals surface area contributed by atoms with E-state index in [-0.39, 0.29) is 24.1 Å². The largest absolute Gasteiger partial charge is 0.478 e. The maximum Gasteiger partial charge on any atom is 0.389 e. The van der Waals surface area contributed by atoms with Crippen LogP contribution < -0.4 is 5.32 Å². The van der Waals surface area contributed by atoms with E-state index in [2.05, 4.69) is 5.32 Å². The Hall–Kier alpha value is -1.79. The van der Waals surface area contributed by atoms with E-state index in [4.69, 9.17) is 5.11 Å². The van der Waals surface area contributed by atoms with Crippen molar-refractivity contribution in [3.05, 3.63) is 29.6 Å². The Balaban J connectivity index is 2.59. The lowest BCUT2D eigenvalue weighted by atomic mass is 10.1. The van der Waals surface area contributed by atoms with Gasteiger partial charge < -0.3 is 10.4 Å². The molecular weight excluding hydrogens is 278 g/mol. The van der Waals surface area contributed by atoms with Gasteiger partial charge in [0.25, 0.3) is 0 Å². The van der Waals surface area contributed by atoms with E-state index >= 15 is 0 Å². The zero-order chi connectivity index (χ0) is 15.3. The SMILES string of the molecule is CC(CCCC(F)(F)F)Nc1cc(C(=O)O)ccc1F. The van der Waals surface area contributed by atoms with Crippen LogP contribution in [0.4, 0.5) is 23.2 Å². The lowest BCUT2D eigenvalue weighted by Crippen LogP contribution is -2.18. The van der Waals surface area contributed by atoms with Crippen molar-refractivity contribution in [2.24, 2.45) is 0 Å². The van der Waals surface area contributed by atoms with Crippen molar-refractivity contribution in [2.75, 3.05) is 5.32 Å². The topological polar surface area (TPSA) is 49.3 Å². The van der Waals surface area contributed by atoms with Gasteiger partial charge in [0.05, 0.1) is 11.3 Å². The van der Waals surface area contributed by atoms with Crippen LogP contribution in [0.25, 0.3) is 0 Å². The third-order valence-electron chi connectivity index (χ3n) is 2.71. The molecule has 0 spiro atoms. The van der Waals surface area contributed by atoms with E-state index in [1.165, 1.54) is 0 Å². The standard InChI is InChI=1S/C13H15F4NO2/c1-8(3-2-6-13(15,16)17)18-11-7-9(12(19)20)4-5-10(11)14/h4-5,7-8,18H,2-3,6H2,1H3,(H,19,20). The zero-order valence-electron chi connectivity index (χ0n) is 10.8. The average Bonchev–Trinajstić information content (AvgIpc) is 2.30. The summed E-state index contributed by atoms with van der Waals surface area (Å²) in [5.74, 6) is -1.84. The number of aromatic carboxylic acids is 1. The van der Waals surface area contributed by atoms with Gasteiger partial charge in [0.2, 0.25) is 0 Å². The molecule has 0 aromatic heterocycles. The predicted octanol–water partition coefficient (Wildman–Crippen LogP) is 4.06. The zero-order valence-corrected chi connectivity index (χ0v) is 10.8. The number of nitrogens with one attached hydrogen (secondary N) is 1. The van der Waals surface area contributed by atoms with Crippen molar-refractivity contribution in [1.29, 1.82) is 0 Å². The van der Waals surface area contributed by atoms with Gasteiger partial charge in [-0.3, -0.25) is 0 Å². The fraction of sp³-hybridized carbons (Fsp3) is 0.462. The van der Waals surface area contributed by atoms with Gasteiger partial charge in [0.1, 0.15) is 5.82 Å². The summed E-state index contributed by atoms with van der Waals surface area (Å²) in [6.45, 7) is 1.61. The maximum absolute atomic E-state index is 13.5. The van der Waals surface area contributed by atoms with Gasteiger partial charge in [0.15, 0.2) is 0 Å². The van der Waals surface area contributed by atoms with Gasteiger partial charge in [0, 0.05) is 12.5 Å². The van der Waals surface area contributed by atoms with Crippen molar-refractivity contribution in [2.45, 2.75) is 38.4 Å². The van der Waals surface area contributed by atoms with Crippen LogP contribution in [-0.4, -0.2) is 23.3 Å². The molecule has 0 radical (unpaired) electrons. The number of alkyl halides is 3. The molecule has 0 aliphatic heterocycles. The van der Waals surface area contributed by atoms with E-state index in [9.17, 15) is 22.4 Å². The molecule has 0 heterocycles. The van der Waals surface area contributed by atoms with Gasteiger partial charge in [-0.1, -0.05) is 0 Å². The van der Waals surface area contributed by atoms with Gasteiger partial charge in [-0.15, -0.1) is 0 Å². The summed E-state index contributed by atoms with van der Waals surface area (Å²) in [6.07, 6.45) is -4.96. The molecule has 1 atom stereocenters. The first-order valence-electron chi connectivity index (χ1n) is 6.05. The summed E-state index contributed by atoms with van der Waals surface area (Å²) in [6, 6.07) is 2.86. The molecule has 3 nitrogen and oxygen atoms in total. The number of carbonyl (C=O) groups is 1. The molecule has 0 aliphatic carbocycles. The Bertz CT molecular complexity index is 474. The second-order valence-electron chi connectivity index (χ2n) is 4.55. The Labute approximate surface area is 113 Å². The molecule has 0 saturated carbocycles.